The Labute approximate surface area is 93.3 Å². The average molecular weight is 222 g/mol. The number of hydrogen-bond donors (Lipinski definition) is 3. The van der Waals surface area contributed by atoms with Gasteiger partial charge in [-0.15, -0.1) is 0 Å². The summed E-state index contributed by atoms with van der Waals surface area (Å²) in [5, 5.41) is 11.0. The standard InChI is InChI=1S/C10H14N4O2/c1-15-6-3-7(9(12)5-14-13)10(16-2)8(11)4-6/h3-5,12H,11,13H2,1-2H3/b12-9?,14-5-. The highest BCUT2D eigenvalue weighted by atomic mass is 16.5. The van der Waals surface area contributed by atoms with Crippen molar-refractivity contribution in [1.29, 1.82) is 5.41 Å². The van der Waals surface area contributed by atoms with Crippen LogP contribution >= 0.6 is 0 Å². The van der Waals surface area contributed by atoms with E-state index < -0.39 is 0 Å². The molecule has 0 spiro atoms. The van der Waals surface area contributed by atoms with Crippen LogP contribution in [0.4, 0.5) is 5.69 Å². The molecule has 0 unspecified atom stereocenters. The van der Waals surface area contributed by atoms with Crippen molar-refractivity contribution in [2.24, 2.45) is 10.9 Å². The van der Waals surface area contributed by atoms with Gasteiger partial charge in [-0.3, -0.25) is 5.41 Å². The van der Waals surface area contributed by atoms with Crippen LogP contribution in [0.15, 0.2) is 17.2 Å². The van der Waals surface area contributed by atoms with Crippen LogP contribution in [0.5, 0.6) is 11.5 Å². The summed E-state index contributed by atoms with van der Waals surface area (Å²) >= 11 is 0. The fraction of sp³-hybridized carbons (Fsp3) is 0.200. The van der Waals surface area contributed by atoms with Crippen molar-refractivity contribution >= 4 is 17.6 Å². The molecule has 0 saturated carbocycles. The van der Waals surface area contributed by atoms with Gasteiger partial charge in [0.05, 0.1) is 31.8 Å². The van der Waals surface area contributed by atoms with Crippen molar-refractivity contribution in [3.8, 4) is 11.5 Å². The first kappa shape index (κ1) is 11.8. The van der Waals surface area contributed by atoms with Crippen molar-refractivity contribution in [2.75, 3.05) is 20.0 Å². The van der Waals surface area contributed by atoms with E-state index in [1.54, 1.807) is 12.1 Å². The Balaban J connectivity index is 3.33. The molecule has 86 valence electrons. The van der Waals surface area contributed by atoms with Crippen molar-refractivity contribution in [3.05, 3.63) is 17.7 Å². The van der Waals surface area contributed by atoms with Gasteiger partial charge in [-0.2, -0.15) is 5.10 Å². The van der Waals surface area contributed by atoms with E-state index >= 15 is 0 Å². The topological polar surface area (TPSA) is 107 Å². The molecule has 0 aliphatic heterocycles. The molecule has 0 amide bonds. The molecule has 16 heavy (non-hydrogen) atoms. The zero-order chi connectivity index (χ0) is 12.1. The Morgan fingerprint density at radius 3 is 2.56 bits per heavy atom. The predicted octanol–water partition coefficient (Wildman–Crippen LogP) is 0.598. The maximum atomic E-state index is 7.72. The number of nitrogens with zero attached hydrogens (tertiary/aromatic N) is 1. The Hall–Kier alpha value is -2.24. The zero-order valence-corrected chi connectivity index (χ0v) is 9.15. The molecule has 0 aromatic heterocycles. The van der Waals surface area contributed by atoms with Gasteiger partial charge in [0.15, 0.2) is 5.75 Å². The Morgan fingerprint density at radius 1 is 1.38 bits per heavy atom. The predicted molar refractivity (Wildman–Crippen MR) is 63.5 cm³/mol. The van der Waals surface area contributed by atoms with E-state index in [4.69, 9.17) is 26.5 Å². The van der Waals surface area contributed by atoms with Gasteiger partial charge in [-0.25, -0.2) is 0 Å². The number of ether oxygens (including phenoxy) is 2. The summed E-state index contributed by atoms with van der Waals surface area (Å²) in [6.45, 7) is 0. The number of nitrogens with two attached hydrogens (primary N) is 2. The minimum Gasteiger partial charge on any atom is -0.497 e. The lowest BCUT2D eigenvalue weighted by molar-refractivity contribution is 0.404. The number of methoxy groups -OCH3 is 2. The van der Waals surface area contributed by atoms with Crippen LogP contribution in [-0.2, 0) is 0 Å². The highest BCUT2D eigenvalue weighted by molar-refractivity contribution is 6.37. The number of hydrogen-bond acceptors (Lipinski definition) is 6. The maximum absolute atomic E-state index is 7.72. The van der Waals surface area contributed by atoms with E-state index in [0.29, 0.717) is 22.7 Å². The van der Waals surface area contributed by atoms with Crippen LogP contribution in [0.2, 0.25) is 0 Å². The van der Waals surface area contributed by atoms with Crippen molar-refractivity contribution in [1.82, 2.24) is 0 Å². The first-order chi connectivity index (χ1) is 7.63. The molecule has 6 nitrogen and oxygen atoms in total. The Morgan fingerprint density at radius 2 is 2.06 bits per heavy atom. The molecule has 0 radical (unpaired) electrons. The summed E-state index contributed by atoms with van der Waals surface area (Å²) < 4.78 is 10.2. The van der Waals surface area contributed by atoms with Gasteiger partial charge in [0.2, 0.25) is 0 Å². The van der Waals surface area contributed by atoms with Gasteiger partial charge in [0, 0.05) is 11.6 Å². The van der Waals surface area contributed by atoms with Crippen molar-refractivity contribution in [3.63, 3.8) is 0 Å². The quantitative estimate of drug-likeness (QED) is 0.300. The summed E-state index contributed by atoms with van der Waals surface area (Å²) in [5.74, 6) is 5.95. The molecule has 0 saturated heterocycles. The summed E-state index contributed by atoms with van der Waals surface area (Å²) in [5.41, 5.74) is 6.74. The molecule has 1 aromatic rings. The van der Waals surface area contributed by atoms with Crippen LogP contribution < -0.4 is 21.1 Å². The molecule has 0 heterocycles. The smallest absolute Gasteiger partial charge is 0.151 e. The molecule has 0 aliphatic rings. The maximum Gasteiger partial charge on any atom is 0.151 e. The minimum atomic E-state index is 0.102. The van der Waals surface area contributed by atoms with E-state index in [1.807, 2.05) is 0 Å². The molecule has 0 aliphatic carbocycles. The van der Waals surface area contributed by atoms with Gasteiger partial charge in [-0.1, -0.05) is 0 Å². The molecular weight excluding hydrogens is 208 g/mol. The lowest BCUT2D eigenvalue weighted by Gasteiger charge is -2.12. The second-order valence-electron chi connectivity index (χ2n) is 2.99. The summed E-state index contributed by atoms with van der Waals surface area (Å²) in [4.78, 5) is 0. The molecule has 1 rings (SSSR count). The van der Waals surface area contributed by atoms with E-state index in [1.165, 1.54) is 20.4 Å². The monoisotopic (exact) mass is 222 g/mol. The van der Waals surface area contributed by atoms with Gasteiger partial charge in [0.1, 0.15) is 5.75 Å². The summed E-state index contributed by atoms with van der Waals surface area (Å²) in [6, 6.07) is 3.26. The van der Waals surface area contributed by atoms with Gasteiger partial charge < -0.3 is 21.1 Å². The Kier molecular flexibility index (Phi) is 3.71. The first-order valence-corrected chi connectivity index (χ1v) is 4.47. The van der Waals surface area contributed by atoms with Crippen molar-refractivity contribution in [2.45, 2.75) is 0 Å². The van der Waals surface area contributed by atoms with Crippen molar-refractivity contribution < 1.29 is 9.47 Å². The molecule has 0 atom stereocenters. The third-order valence-corrected chi connectivity index (χ3v) is 2.02. The molecule has 5 N–H and O–H groups in total. The third kappa shape index (κ3) is 2.22. The lowest BCUT2D eigenvalue weighted by Crippen LogP contribution is -2.07. The number of anilines is 1. The lowest BCUT2D eigenvalue weighted by atomic mass is 10.1. The van der Waals surface area contributed by atoms with E-state index in [9.17, 15) is 0 Å². The van der Waals surface area contributed by atoms with Gasteiger partial charge in [-0.05, 0) is 6.07 Å². The number of rotatable bonds is 4. The van der Waals surface area contributed by atoms with Crippen LogP contribution in [0, 0.1) is 5.41 Å². The SMILES string of the molecule is COc1cc(N)c(OC)c(C(=N)/C=N\N)c1. The third-order valence-electron chi connectivity index (χ3n) is 2.02. The minimum absolute atomic E-state index is 0.102. The molecular formula is C10H14N4O2. The number of hydrazone groups is 1. The second kappa shape index (κ2) is 5.01. The van der Waals surface area contributed by atoms with E-state index in [0.717, 1.165) is 0 Å². The Bertz CT molecular complexity index is 429. The fourth-order valence-corrected chi connectivity index (χ4v) is 1.31. The van der Waals surface area contributed by atoms with Crippen LogP contribution in [-0.4, -0.2) is 26.1 Å². The van der Waals surface area contributed by atoms with Crippen LogP contribution in [0.3, 0.4) is 0 Å². The highest BCUT2D eigenvalue weighted by Gasteiger charge is 2.13. The number of nitrogen functional groups attached to an aromatic ring is 1. The number of nitrogens with one attached hydrogen (secondary N) is 1. The van der Waals surface area contributed by atoms with Gasteiger partial charge >= 0.3 is 0 Å². The molecule has 1 aromatic carbocycles. The summed E-state index contributed by atoms with van der Waals surface area (Å²) in [6.07, 6.45) is 1.21. The summed E-state index contributed by atoms with van der Waals surface area (Å²) in [7, 11) is 3.00. The van der Waals surface area contributed by atoms with E-state index in [2.05, 4.69) is 5.10 Å². The molecule has 0 fully saturated rings. The molecule has 0 bridgehead atoms. The highest BCUT2D eigenvalue weighted by Crippen LogP contribution is 2.31. The zero-order valence-electron chi connectivity index (χ0n) is 9.15. The fourth-order valence-electron chi connectivity index (χ4n) is 1.31. The normalized spacial score (nSPS) is 10.4. The van der Waals surface area contributed by atoms with Crippen LogP contribution in [0.1, 0.15) is 5.56 Å². The second-order valence-corrected chi connectivity index (χ2v) is 2.99. The average Bonchev–Trinajstić information content (AvgIpc) is 2.28. The first-order valence-electron chi connectivity index (χ1n) is 4.47. The van der Waals surface area contributed by atoms with E-state index in [-0.39, 0.29) is 5.71 Å². The largest absolute Gasteiger partial charge is 0.497 e. The molecule has 6 heteroatoms. The van der Waals surface area contributed by atoms with Gasteiger partial charge in [0.25, 0.3) is 0 Å². The number of benzene rings is 1. The van der Waals surface area contributed by atoms with Crippen LogP contribution in [0.25, 0.3) is 0 Å².